The normalized spacial score (nSPS) is 15.4. The lowest BCUT2D eigenvalue weighted by Crippen LogP contribution is -2.44. The molecule has 2 aromatic heterocycles. The molecule has 1 fully saturated rings. The molecular formula is C19H22N4S. The number of rotatable bonds is 3. The highest BCUT2D eigenvalue weighted by Gasteiger charge is 2.19. The summed E-state index contributed by atoms with van der Waals surface area (Å²) < 4.78 is 0. The molecule has 3 aromatic rings. The lowest BCUT2D eigenvalue weighted by molar-refractivity contribution is 0.586. The number of nitrogens with one attached hydrogen (secondary N) is 1. The van der Waals surface area contributed by atoms with Gasteiger partial charge in [0.15, 0.2) is 0 Å². The number of fused-ring (bicyclic) bond motifs is 1. The topological polar surface area (TPSA) is 41.1 Å². The van der Waals surface area contributed by atoms with Crippen LogP contribution in [-0.2, 0) is 0 Å². The molecule has 0 aliphatic carbocycles. The van der Waals surface area contributed by atoms with E-state index in [1.54, 1.807) is 17.7 Å². The van der Waals surface area contributed by atoms with Gasteiger partial charge in [-0.1, -0.05) is 38.1 Å². The van der Waals surface area contributed by atoms with Gasteiger partial charge in [-0.15, -0.1) is 11.3 Å². The van der Waals surface area contributed by atoms with Crippen LogP contribution < -0.4 is 10.2 Å². The molecule has 0 unspecified atom stereocenters. The van der Waals surface area contributed by atoms with Crippen molar-refractivity contribution in [2.24, 2.45) is 0 Å². The van der Waals surface area contributed by atoms with Gasteiger partial charge in [0.25, 0.3) is 0 Å². The lowest BCUT2D eigenvalue weighted by atomic mass is 9.99. The average Bonchev–Trinajstić information content (AvgIpc) is 3.06. The Morgan fingerprint density at radius 2 is 1.83 bits per heavy atom. The minimum Gasteiger partial charge on any atom is -0.353 e. The highest BCUT2D eigenvalue weighted by atomic mass is 32.1. The van der Waals surface area contributed by atoms with Crippen LogP contribution in [0.25, 0.3) is 21.3 Å². The maximum absolute atomic E-state index is 4.63. The minimum absolute atomic E-state index is 0.554. The van der Waals surface area contributed by atoms with Crippen LogP contribution in [0.4, 0.5) is 5.82 Å². The third-order valence-corrected chi connectivity index (χ3v) is 5.54. The third-order valence-electron chi connectivity index (χ3n) is 4.66. The summed E-state index contributed by atoms with van der Waals surface area (Å²) in [5.74, 6) is 1.63. The maximum atomic E-state index is 4.63. The van der Waals surface area contributed by atoms with E-state index in [0.29, 0.717) is 5.92 Å². The molecule has 0 amide bonds. The predicted molar refractivity (Wildman–Crippen MR) is 102 cm³/mol. The first-order chi connectivity index (χ1) is 11.7. The van der Waals surface area contributed by atoms with Crippen LogP contribution in [0.3, 0.4) is 0 Å². The van der Waals surface area contributed by atoms with Crippen LogP contribution >= 0.6 is 11.3 Å². The van der Waals surface area contributed by atoms with Gasteiger partial charge < -0.3 is 10.2 Å². The van der Waals surface area contributed by atoms with Gasteiger partial charge in [0, 0.05) is 37.1 Å². The van der Waals surface area contributed by atoms with E-state index in [1.165, 1.54) is 22.1 Å². The van der Waals surface area contributed by atoms with Crippen molar-refractivity contribution in [1.29, 1.82) is 0 Å². The van der Waals surface area contributed by atoms with Crippen LogP contribution in [0.1, 0.15) is 25.3 Å². The number of nitrogens with zero attached hydrogens (tertiary/aromatic N) is 3. The van der Waals surface area contributed by atoms with Gasteiger partial charge >= 0.3 is 0 Å². The van der Waals surface area contributed by atoms with Gasteiger partial charge in [-0.2, -0.15) is 0 Å². The van der Waals surface area contributed by atoms with E-state index in [0.717, 1.165) is 36.8 Å². The van der Waals surface area contributed by atoms with Crippen molar-refractivity contribution in [3.8, 4) is 11.1 Å². The number of anilines is 1. The van der Waals surface area contributed by atoms with Gasteiger partial charge in [0.2, 0.25) is 0 Å². The minimum atomic E-state index is 0.554. The van der Waals surface area contributed by atoms with Crippen molar-refractivity contribution in [2.75, 3.05) is 31.1 Å². The lowest BCUT2D eigenvalue weighted by Gasteiger charge is -2.29. The van der Waals surface area contributed by atoms with Crippen LogP contribution in [0.5, 0.6) is 0 Å². The third kappa shape index (κ3) is 2.78. The second-order valence-electron chi connectivity index (χ2n) is 6.54. The first-order valence-electron chi connectivity index (χ1n) is 8.52. The molecule has 3 heterocycles. The van der Waals surface area contributed by atoms with E-state index < -0.39 is 0 Å². The largest absolute Gasteiger partial charge is 0.353 e. The Kier molecular flexibility index (Phi) is 4.21. The van der Waals surface area contributed by atoms with Gasteiger partial charge in [-0.05, 0) is 17.0 Å². The molecule has 124 valence electrons. The van der Waals surface area contributed by atoms with Crippen LogP contribution in [-0.4, -0.2) is 36.1 Å². The monoisotopic (exact) mass is 338 g/mol. The molecule has 1 aliphatic heterocycles. The molecule has 4 rings (SSSR count). The maximum Gasteiger partial charge on any atom is 0.141 e. The quantitative estimate of drug-likeness (QED) is 0.786. The van der Waals surface area contributed by atoms with E-state index in [2.05, 4.69) is 63.7 Å². The van der Waals surface area contributed by atoms with Crippen molar-refractivity contribution in [1.82, 2.24) is 15.3 Å². The second-order valence-corrected chi connectivity index (χ2v) is 7.40. The zero-order valence-corrected chi connectivity index (χ0v) is 14.9. The molecule has 0 saturated carbocycles. The Bertz CT molecular complexity index is 832. The Balaban J connectivity index is 1.81. The fourth-order valence-electron chi connectivity index (χ4n) is 3.24. The number of piperazine rings is 1. The zero-order valence-electron chi connectivity index (χ0n) is 14.1. The summed E-state index contributed by atoms with van der Waals surface area (Å²) in [6.07, 6.45) is 1.70. The summed E-state index contributed by atoms with van der Waals surface area (Å²) in [7, 11) is 0. The standard InChI is InChI=1S/C19H22N4S/c1-13(2)14-3-5-15(6-4-14)16-11-24-19-17(16)18(21-12-22-19)23-9-7-20-8-10-23/h3-6,11-13,20H,7-10H2,1-2H3. The first kappa shape index (κ1) is 15.5. The first-order valence-corrected chi connectivity index (χ1v) is 9.40. The molecule has 0 radical (unpaired) electrons. The molecular weight excluding hydrogens is 316 g/mol. The molecule has 0 spiro atoms. The van der Waals surface area contributed by atoms with E-state index in [4.69, 9.17) is 0 Å². The molecule has 1 saturated heterocycles. The molecule has 5 heteroatoms. The molecule has 1 N–H and O–H groups in total. The van der Waals surface area contributed by atoms with Crippen molar-refractivity contribution in [3.05, 3.63) is 41.5 Å². The molecule has 0 bridgehead atoms. The Labute approximate surface area is 146 Å². The predicted octanol–water partition coefficient (Wildman–Crippen LogP) is 3.89. The number of aromatic nitrogens is 2. The second kappa shape index (κ2) is 6.49. The number of benzene rings is 1. The summed E-state index contributed by atoms with van der Waals surface area (Å²) in [6.45, 7) is 8.46. The summed E-state index contributed by atoms with van der Waals surface area (Å²) >= 11 is 1.70. The molecule has 0 atom stereocenters. The van der Waals surface area contributed by atoms with Crippen LogP contribution in [0.15, 0.2) is 36.0 Å². The van der Waals surface area contributed by atoms with Crippen LogP contribution in [0, 0.1) is 0 Å². The molecule has 4 nitrogen and oxygen atoms in total. The fraction of sp³-hybridized carbons (Fsp3) is 0.368. The SMILES string of the molecule is CC(C)c1ccc(-c2csc3ncnc(N4CCNCC4)c23)cc1. The smallest absolute Gasteiger partial charge is 0.141 e. The summed E-state index contributed by atoms with van der Waals surface area (Å²) in [5, 5.41) is 6.82. The van der Waals surface area contributed by atoms with Crippen LogP contribution in [0.2, 0.25) is 0 Å². The van der Waals surface area contributed by atoms with E-state index in [1.807, 2.05) is 0 Å². The Morgan fingerprint density at radius 1 is 1.08 bits per heavy atom. The summed E-state index contributed by atoms with van der Waals surface area (Å²) in [4.78, 5) is 12.6. The van der Waals surface area contributed by atoms with Crippen molar-refractivity contribution < 1.29 is 0 Å². The van der Waals surface area contributed by atoms with Crippen molar-refractivity contribution in [3.63, 3.8) is 0 Å². The van der Waals surface area contributed by atoms with Gasteiger partial charge in [-0.25, -0.2) is 9.97 Å². The highest BCUT2D eigenvalue weighted by Crippen LogP contribution is 2.38. The summed E-state index contributed by atoms with van der Waals surface area (Å²) in [5.41, 5.74) is 3.87. The van der Waals surface area contributed by atoms with Gasteiger partial charge in [0.05, 0.1) is 5.39 Å². The van der Waals surface area contributed by atoms with Crippen molar-refractivity contribution in [2.45, 2.75) is 19.8 Å². The Hall–Kier alpha value is -1.98. The highest BCUT2D eigenvalue weighted by molar-refractivity contribution is 7.17. The number of hydrogen-bond donors (Lipinski definition) is 1. The van der Waals surface area contributed by atoms with E-state index in [9.17, 15) is 0 Å². The number of thiophene rings is 1. The van der Waals surface area contributed by atoms with E-state index >= 15 is 0 Å². The average molecular weight is 338 g/mol. The molecule has 1 aromatic carbocycles. The number of hydrogen-bond acceptors (Lipinski definition) is 5. The zero-order chi connectivity index (χ0) is 16.5. The van der Waals surface area contributed by atoms with Gasteiger partial charge in [0.1, 0.15) is 17.0 Å². The fourth-order valence-corrected chi connectivity index (χ4v) is 4.15. The summed E-state index contributed by atoms with van der Waals surface area (Å²) in [6, 6.07) is 8.92. The van der Waals surface area contributed by atoms with E-state index in [-0.39, 0.29) is 0 Å². The molecule has 24 heavy (non-hydrogen) atoms. The molecule has 1 aliphatic rings. The Morgan fingerprint density at radius 3 is 2.54 bits per heavy atom. The van der Waals surface area contributed by atoms with Crippen molar-refractivity contribution >= 4 is 27.4 Å². The van der Waals surface area contributed by atoms with Gasteiger partial charge in [-0.3, -0.25) is 0 Å².